The number of halogens is 4. The first-order valence-electron chi connectivity index (χ1n) is 11.8. The van der Waals surface area contributed by atoms with Gasteiger partial charge in [-0.3, -0.25) is 4.79 Å². The van der Waals surface area contributed by atoms with Crippen molar-refractivity contribution < 1.29 is 18.1 Å². The number of hydrogen-bond acceptors (Lipinski definition) is 5. The second-order valence-electron chi connectivity index (χ2n) is 9.33. The first-order valence-corrected chi connectivity index (χ1v) is 14.5. The van der Waals surface area contributed by atoms with E-state index in [1.807, 2.05) is 0 Å². The Hall–Kier alpha value is -2.46. The maximum atomic E-state index is 12.7. The zero-order valence-corrected chi connectivity index (χ0v) is 24.2. The average Bonchev–Trinajstić information content (AvgIpc) is 3.51. The number of anilines is 1. The van der Waals surface area contributed by atoms with Crippen LogP contribution in [-0.4, -0.2) is 24.8 Å². The van der Waals surface area contributed by atoms with Crippen LogP contribution in [0.4, 0.5) is 5.69 Å². The Labute approximate surface area is 247 Å². The summed E-state index contributed by atoms with van der Waals surface area (Å²) in [5.41, 5.74) is 2.66. The lowest BCUT2D eigenvalue weighted by Crippen LogP contribution is -2.16. The molecule has 5 rings (SSSR count). The molecule has 3 aromatic carbocycles. The summed E-state index contributed by atoms with van der Waals surface area (Å²) in [6, 6.07) is 15.4. The predicted molar refractivity (Wildman–Crippen MR) is 154 cm³/mol. The highest BCUT2D eigenvalue weighted by Crippen LogP contribution is 2.57. The minimum Gasteiger partial charge on any atom is -0.334 e. The monoisotopic (exact) mass is 623 g/mol. The highest BCUT2D eigenvalue weighted by Gasteiger charge is 2.52. The molecule has 1 aromatic heterocycles. The number of hydrogen-bond donors (Lipinski definition) is 2. The topological polar surface area (TPSA) is 105 Å². The smallest absolute Gasteiger partial charge is 0.258 e. The molecule has 2 N–H and O–H groups in total. The first kappa shape index (κ1) is 28.1. The normalized spacial score (nSPS) is 15.5. The molecular formula is C27H21Cl4N3O4S. The molecule has 39 heavy (non-hydrogen) atoms. The lowest BCUT2D eigenvalue weighted by atomic mass is 9.94. The van der Waals surface area contributed by atoms with Gasteiger partial charge in [0, 0.05) is 26.9 Å². The number of amides is 1. The molecule has 1 aliphatic rings. The number of carbonyl (C=O) groups excluding carboxylic acids is 1. The van der Waals surface area contributed by atoms with Gasteiger partial charge in [0.1, 0.15) is 0 Å². The average molecular weight is 625 g/mol. The minimum atomic E-state index is -1.96. The number of nitrogens with zero attached hydrogens (tertiary/aromatic N) is 2. The molecule has 7 nitrogen and oxygen atoms in total. The Morgan fingerprint density at radius 2 is 1.69 bits per heavy atom. The molecule has 1 amide bonds. The van der Waals surface area contributed by atoms with Crippen LogP contribution >= 0.6 is 46.4 Å². The lowest BCUT2D eigenvalue weighted by molar-refractivity contribution is -0.115. The fourth-order valence-electron chi connectivity index (χ4n) is 4.39. The van der Waals surface area contributed by atoms with E-state index in [-0.39, 0.29) is 12.3 Å². The Morgan fingerprint density at radius 3 is 2.28 bits per heavy atom. The largest absolute Gasteiger partial charge is 0.334 e. The summed E-state index contributed by atoms with van der Waals surface area (Å²) in [6.45, 7) is 1.66. The van der Waals surface area contributed by atoms with E-state index in [0.29, 0.717) is 54.2 Å². The van der Waals surface area contributed by atoms with E-state index in [1.54, 1.807) is 61.5 Å². The van der Waals surface area contributed by atoms with Crippen LogP contribution in [0.3, 0.4) is 0 Å². The molecule has 4 aromatic rings. The van der Waals surface area contributed by atoms with Crippen LogP contribution in [0, 0.1) is 0 Å². The molecule has 0 aliphatic heterocycles. The molecule has 0 saturated heterocycles. The molecule has 2 atom stereocenters. The van der Waals surface area contributed by atoms with Crippen LogP contribution in [0.15, 0.2) is 59.1 Å². The molecule has 1 aliphatic carbocycles. The van der Waals surface area contributed by atoms with Crippen molar-refractivity contribution in [3.8, 4) is 11.5 Å². The van der Waals surface area contributed by atoms with Gasteiger partial charge in [-0.25, -0.2) is 4.21 Å². The van der Waals surface area contributed by atoms with Gasteiger partial charge in [-0.1, -0.05) is 75.8 Å². The van der Waals surface area contributed by atoms with Crippen LogP contribution in [0.5, 0.6) is 0 Å². The Morgan fingerprint density at radius 1 is 1.03 bits per heavy atom. The van der Waals surface area contributed by atoms with Crippen LogP contribution in [0.25, 0.3) is 11.5 Å². The van der Waals surface area contributed by atoms with Crippen molar-refractivity contribution >= 4 is 69.1 Å². The zero-order chi connectivity index (χ0) is 27.9. The summed E-state index contributed by atoms with van der Waals surface area (Å²) < 4.78 is 26.1. The maximum Gasteiger partial charge on any atom is 0.258 e. The fraction of sp³-hybridized carbons (Fsp3) is 0.222. The second kappa shape index (κ2) is 11.2. The zero-order valence-electron chi connectivity index (χ0n) is 20.4. The summed E-state index contributed by atoms with van der Waals surface area (Å²) in [5, 5.41) is 8.09. The molecule has 2 unspecified atom stereocenters. The van der Waals surface area contributed by atoms with Gasteiger partial charge in [0.15, 0.2) is 16.9 Å². The van der Waals surface area contributed by atoms with E-state index in [2.05, 4.69) is 15.5 Å². The fourth-order valence-corrected chi connectivity index (χ4v) is 5.93. The second-order valence-corrected chi connectivity index (χ2v) is 12.2. The molecule has 0 bridgehead atoms. The van der Waals surface area contributed by atoms with E-state index in [1.165, 1.54) is 0 Å². The number of nitrogens with one attached hydrogen (secondary N) is 1. The van der Waals surface area contributed by atoms with Gasteiger partial charge < -0.3 is 14.4 Å². The van der Waals surface area contributed by atoms with Gasteiger partial charge in [-0.15, -0.1) is 0 Å². The minimum absolute atomic E-state index is 0.109. The van der Waals surface area contributed by atoms with Crippen molar-refractivity contribution in [1.82, 2.24) is 10.1 Å². The maximum absolute atomic E-state index is 12.7. The van der Waals surface area contributed by atoms with Crippen LogP contribution in [-0.2, 0) is 27.7 Å². The number of benzene rings is 3. The van der Waals surface area contributed by atoms with Crippen LogP contribution in [0.2, 0.25) is 20.1 Å². The number of rotatable bonds is 8. The molecule has 1 heterocycles. The van der Waals surface area contributed by atoms with Gasteiger partial charge in [0.2, 0.25) is 5.91 Å². The first-order chi connectivity index (χ1) is 18.6. The molecular weight excluding hydrogens is 604 g/mol. The van der Waals surface area contributed by atoms with E-state index in [9.17, 15) is 13.6 Å². The van der Waals surface area contributed by atoms with E-state index < -0.39 is 21.7 Å². The predicted octanol–water partition coefficient (Wildman–Crippen LogP) is 7.89. The van der Waals surface area contributed by atoms with Crippen molar-refractivity contribution in [3.63, 3.8) is 0 Å². The highest BCUT2D eigenvalue weighted by molar-refractivity contribution is 7.79. The summed E-state index contributed by atoms with van der Waals surface area (Å²) in [7, 11) is 0. The third-order valence-corrected chi connectivity index (χ3v) is 8.90. The third kappa shape index (κ3) is 5.87. The highest BCUT2D eigenvalue weighted by atomic mass is 35.5. The van der Waals surface area contributed by atoms with Gasteiger partial charge in [-0.2, -0.15) is 4.98 Å². The Bertz CT molecular complexity index is 1570. The number of aromatic nitrogens is 2. The van der Waals surface area contributed by atoms with E-state index in [4.69, 9.17) is 50.9 Å². The van der Waals surface area contributed by atoms with E-state index in [0.717, 1.165) is 18.4 Å². The lowest BCUT2D eigenvalue weighted by Gasteiger charge is -2.17. The van der Waals surface area contributed by atoms with Crippen molar-refractivity contribution in [1.29, 1.82) is 0 Å². The quantitative estimate of drug-likeness (QED) is 0.193. The molecule has 0 spiro atoms. The molecule has 0 radical (unpaired) electrons. The molecule has 1 saturated carbocycles. The standard InChI is InChI=1S/C27H21Cl4N3O4S/c1-14(39(36)37)16-4-2-15(3-5-16)10-23(35)32-18-12-21(30)24(22(31)13-18)27(8-9-27)26-33-25(38-34-26)17-6-7-19(28)20(29)11-17/h2-7,11-14H,8-10H2,1H3,(H,32,35)(H,36,37). The number of carbonyl (C=O) groups is 1. The SMILES string of the molecule is CC(c1ccc(CC(=O)Nc2cc(Cl)c(C3(c4noc(-c5ccc(Cl)c(Cl)c5)n4)CC3)c(Cl)c2)cc1)S(=O)O. The Kier molecular flexibility index (Phi) is 8.06. The Balaban J connectivity index is 1.31. The molecule has 12 heteroatoms. The van der Waals surface area contributed by atoms with Gasteiger partial charge in [-0.05, 0) is 61.2 Å². The van der Waals surface area contributed by atoms with Crippen LogP contribution in [0.1, 0.15) is 47.5 Å². The summed E-state index contributed by atoms with van der Waals surface area (Å²) in [6.07, 6.45) is 1.58. The van der Waals surface area contributed by atoms with Crippen molar-refractivity contribution in [2.45, 2.75) is 36.9 Å². The summed E-state index contributed by atoms with van der Waals surface area (Å²) >= 11 is 23.6. The van der Waals surface area contributed by atoms with Crippen LogP contribution < -0.4 is 5.32 Å². The summed E-state index contributed by atoms with van der Waals surface area (Å²) in [5.74, 6) is 0.511. The van der Waals surface area contributed by atoms with Gasteiger partial charge in [0.25, 0.3) is 5.89 Å². The van der Waals surface area contributed by atoms with Gasteiger partial charge >= 0.3 is 0 Å². The third-order valence-electron chi connectivity index (χ3n) is 6.69. The van der Waals surface area contributed by atoms with Crippen molar-refractivity contribution in [2.75, 3.05) is 5.32 Å². The molecule has 1 fully saturated rings. The van der Waals surface area contributed by atoms with Crippen molar-refractivity contribution in [2.24, 2.45) is 0 Å². The summed E-state index contributed by atoms with van der Waals surface area (Å²) in [4.78, 5) is 17.3. The van der Waals surface area contributed by atoms with E-state index >= 15 is 0 Å². The van der Waals surface area contributed by atoms with Gasteiger partial charge in [0.05, 0.1) is 27.1 Å². The molecule has 202 valence electrons. The van der Waals surface area contributed by atoms with Crippen molar-refractivity contribution in [3.05, 3.63) is 97.2 Å².